The smallest absolute Gasteiger partial charge is 0.0701 e. The summed E-state index contributed by atoms with van der Waals surface area (Å²) in [5.41, 5.74) is 2.12. The van der Waals surface area contributed by atoms with Gasteiger partial charge in [-0.25, -0.2) is 0 Å². The summed E-state index contributed by atoms with van der Waals surface area (Å²) >= 11 is -12.1. The van der Waals surface area contributed by atoms with Gasteiger partial charge in [-0.3, -0.25) is 9.97 Å². The van der Waals surface area contributed by atoms with Crippen LogP contribution in [0.25, 0.3) is 21.8 Å². The SMILES string of the molecule is [O]=[Cr](=[O])([O-])[O][Cr](=[O])(=[O])[O-].c1ccc2ncccc2c1.c1ccc2ncccc2c1. The molecule has 0 bridgehead atoms. The summed E-state index contributed by atoms with van der Waals surface area (Å²) in [5.74, 6) is 0. The summed E-state index contributed by atoms with van der Waals surface area (Å²) in [4.78, 5) is 8.36. The van der Waals surface area contributed by atoms with Crippen molar-refractivity contribution in [2.24, 2.45) is 0 Å². The van der Waals surface area contributed by atoms with Crippen molar-refractivity contribution in [3.63, 3.8) is 0 Å². The molecule has 0 fully saturated rings. The molecule has 0 aliphatic heterocycles. The number of para-hydroxylation sites is 2. The Kier molecular flexibility index (Phi) is 8.03. The minimum absolute atomic E-state index is 1.06. The van der Waals surface area contributed by atoms with Crippen molar-refractivity contribution in [2.75, 3.05) is 0 Å². The minimum atomic E-state index is -6.07. The molecule has 0 saturated heterocycles. The summed E-state index contributed by atoms with van der Waals surface area (Å²) in [6, 6.07) is 24.2. The van der Waals surface area contributed by atoms with Gasteiger partial charge in [-0.15, -0.1) is 0 Å². The van der Waals surface area contributed by atoms with Gasteiger partial charge in [0.1, 0.15) is 0 Å². The Morgan fingerprint density at radius 3 is 1.24 bits per heavy atom. The quantitative estimate of drug-likeness (QED) is 0.422. The zero-order valence-corrected chi connectivity index (χ0v) is 17.2. The van der Waals surface area contributed by atoms with E-state index in [2.05, 4.69) is 37.1 Å². The van der Waals surface area contributed by atoms with Gasteiger partial charge >= 0.3 is 53.6 Å². The van der Waals surface area contributed by atoms with E-state index in [4.69, 9.17) is 0 Å². The van der Waals surface area contributed by atoms with Crippen LogP contribution in [0.3, 0.4) is 0 Å². The third-order valence-electron chi connectivity index (χ3n) is 3.19. The first-order valence-corrected chi connectivity index (χ1v) is 12.0. The molecule has 0 unspecified atom stereocenters. The molecule has 2 heterocycles. The van der Waals surface area contributed by atoms with Crippen LogP contribution in [0, 0.1) is 0 Å². The van der Waals surface area contributed by atoms with Crippen molar-refractivity contribution in [2.45, 2.75) is 0 Å². The number of aromatic nitrogens is 2. The van der Waals surface area contributed by atoms with Crippen LogP contribution in [-0.4, -0.2) is 9.97 Å². The van der Waals surface area contributed by atoms with Crippen molar-refractivity contribution in [1.82, 2.24) is 9.97 Å². The molecule has 2 aromatic carbocycles. The molecule has 0 aliphatic carbocycles. The molecule has 4 aromatic rings. The Morgan fingerprint density at radius 2 is 0.931 bits per heavy atom. The number of pyridine rings is 2. The molecule has 29 heavy (non-hydrogen) atoms. The second kappa shape index (κ2) is 10.3. The van der Waals surface area contributed by atoms with Crippen molar-refractivity contribution in [1.29, 1.82) is 0 Å². The molecule has 0 saturated carbocycles. The molecule has 4 rings (SSSR count). The van der Waals surface area contributed by atoms with E-state index in [1.54, 1.807) is 0 Å². The van der Waals surface area contributed by atoms with E-state index in [1.165, 1.54) is 10.8 Å². The summed E-state index contributed by atoms with van der Waals surface area (Å²) in [6.07, 6.45) is 3.62. The molecule has 0 aliphatic rings. The van der Waals surface area contributed by atoms with Crippen molar-refractivity contribution < 1.29 is 53.6 Å². The Morgan fingerprint density at radius 1 is 0.586 bits per heavy atom. The summed E-state index contributed by atoms with van der Waals surface area (Å²) in [7, 11) is 0. The maximum Gasteiger partial charge on any atom is 0.0701 e. The maximum atomic E-state index is 9.38. The van der Waals surface area contributed by atoms with E-state index >= 15 is 0 Å². The largest absolute Gasteiger partial charge is 0.256 e. The number of fused-ring (bicyclic) bond motifs is 2. The third kappa shape index (κ3) is 8.96. The second-order valence-electron chi connectivity index (χ2n) is 5.28. The standard InChI is InChI=1S/2C9H7N.2Cr.7O/c2*1-2-6-9-8(4-1)5-3-7-10-9;;;;;;;;;/h2*1-7H;;;;;;;;;/q;;;;;;;;;2*-1. The van der Waals surface area contributed by atoms with E-state index < -0.39 is 27.2 Å². The topological polar surface area (TPSA) is 149 Å². The van der Waals surface area contributed by atoms with Crippen molar-refractivity contribution in [3.05, 3.63) is 85.2 Å². The average Bonchev–Trinajstić information content (AvgIpc) is 2.66. The van der Waals surface area contributed by atoms with Gasteiger partial charge in [-0.05, 0) is 24.3 Å². The minimum Gasteiger partial charge on any atom is -0.256 e. The van der Waals surface area contributed by atoms with E-state index in [-0.39, 0.29) is 0 Å². The van der Waals surface area contributed by atoms with Crippen molar-refractivity contribution in [3.8, 4) is 0 Å². The van der Waals surface area contributed by atoms with Crippen LogP contribution < -0.4 is 8.32 Å². The van der Waals surface area contributed by atoms with Gasteiger partial charge in [0.25, 0.3) is 0 Å². The molecule has 0 amide bonds. The molecule has 2 aromatic heterocycles. The molecule has 0 N–H and O–H groups in total. The predicted octanol–water partition coefficient (Wildman–Crippen LogP) is 1.54. The first-order chi connectivity index (χ1) is 13.6. The molecule has 0 radical (unpaired) electrons. The van der Waals surface area contributed by atoms with Crippen LogP contribution in [0.15, 0.2) is 85.2 Å². The monoisotopic (exact) mass is 474 g/mol. The average molecular weight is 474 g/mol. The fraction of sp³-hybridized carbons (Fsp3) is 0. The first kappa shape index (κ1) is 22.7. The summed E-state index contributed by atoms with van der Waals surface area (Å²) in [6.45, 7) is 0. The predicted molar refractivity (Wildman–Crippen MR) is 87.3 cm³/mol. The normalized spacial score (nSPS) is 11.1. The van der Waals surface area contributed by atoms with Gasteiger partial charge in [-0.1, -0.05) is 48.5 Å². The van der Waals surface area contributed by atoms with Gasteiger partial charge in [0.15, 0.2) is 0 Å². The summed E-state index contributed by atoms with van der Waals surface area (Å²) < 4.78 is 58.9. The number of rotatable bonds is 2. The second-order valence-corrected chi connectivity index (χ2v) is 8.92. The van der Waals surface area contributed by atoms with Crippen molar-refractivity contribution >= 4 is 21.8 Å². The molecular formula is C18H14Cr2N2O7-2. The van der Waals surface area contributed by atoms with Gasteiger partial charge in [-0.2, -0.15) is 0 Å². The Labute approximate surface area is 170 Å². The molecule has 0 spiro atoms. The van der Waals surface area contributed by atoms with Gasteiger partial charge < -0.3 is 0 Å². The van der Waals surface area contributed by atoms with Crippen LogP contribution in [0.1, 0.15) is 0 Å². The van der Waals surface area contributed by atoms with Gasteiger partial charge in [0.2, 0.25) is 0 Å². The number of nitrogens with zero attached hydrogens (tertiary/aromatic N) is 2. The zero-order valence-electron chi connectivity index (χ0n) is 14.7. The van der Waals surface area contributed by atoms with Crippen LogP contribution in [-0.2, 0) is 45.3 Å². The fourth-order valence-corrected chi connectivity index (χ4v) is 3.77. The van der Waals surface area contributed by atoms with E-state index in [0.717, 1.165) is 11.0 Å². The Balaban J connectivity index is 0.000000156. The molecule has 152 valence electrons. The number of benzene rings is 2. The Hall–Kier alpha value is -2.60. The number of hydrogen-bond donors (Lipinski definition) is 0. The molecule has 9 nitrogen and oxygen atoms in total. The van der Waals surface area contributed by atoms with Crippen LogP contribution in [0.4, 0.5) is 0 Å². The fourth-order valence-electron chi connectivity index (χ4n) is 2.13. The van der Waals surface area contributed by atoms with Crippen LogP contribution in [0.5, 0.6) is 0 Å². The molecular weight excluding hydrogens is 460 g/mol. The number of hydrogen-bond acceptors (Lipinski definition) is 9. The van der Waals surface area contributed by atoms with Crippen LogP contribution in [0.2, 0.25) is 0 Å². The van der Waals surface area contributed by atoms with E-state index in [1.807, 2.05) is 60.9 Å². The summed E-state index contributed by atoms with van der Waals surface area (Å²) in [5, 5.41) is 2.40. The maximum absolute atomic E-state index is 9.38. The molecule has 11 heteroatoms. The van der Waals surface area contributed by atoms with Crippen LogP contribution >= 0.6 is 0 Å². The molecule has 0 atom stereocenters. The van der Waals surface area contributed by atoms with Gasteiger partial charge in [0, 0.05) is 23.2 Å². The van der Waals surface area contributed by atoms with E-state index in [9.17, 15) is 23.5 Å². The first-order valence-electron chi connectivity index (χ1n) is 7.86. The zero-order chi connectivity index (χ0) is 21.3. The van der Waals surface area contributed by atoms with Gasteiger partial charge in [0.05, 0.1) is 11.0 Å². The van der Waals surface area contributed by atoms with E-state index in [0.29, 0.717) is 0 Å². The Bertz CT molecular complexity index is 1060. The third-order valence-corrected chi connectivity index (χ3v) is 5.86.